The van der Waals surface area contributed by atoms with E-state index in [2.05, 4.69) is 0 Å². The molecule has 2 aromatic rings. The lowest BCUT2D eigenvalue weighted by Crippen LogP contribution is -2.71. The number of carbonyl (C=O) groups excluding carboxylic acids is 3. The highest BCUT2D eigenvalue weighted by molar-refractivity contribution is 7.87. The van der Waals surface area contributed by atoms with Crippen LogP contribution in [0.25, 0.3) is 0 Å². The zero-order valence-electron chi connectivity index (χ0n) is 17.3. The van der Waals surface area contributed by atoms with Crippen LogP contribution in [0.3, 0.4) is 0 Å². The predicted molar refractivity (Wildman–Crippen MR) is 114 cm³/mol. The molecule has 0 spiro atoms. The summed E-state index contributed by atoms with van der Waals surface area (Å²) >= 11 is 0. The molecule has 3 aliphatic heterocycles. The Labute approximate surface area is 185 Å². The van der Waals surface area contributed by atoms with Crippen molar-refractivity contribution in [2.75, 3.05) is 0 Å². The number of hydrogen-bond donors (Lipinski definition) is 0. The fourth-order valence-electron chi connectivity index (χ4n) is 4.83. The van der Waals surface area contributed by atoms with Crippen molar-refractivity contribution in [1.29, 1.82) is 0 Å². The van der Waals surface area contributed by atoms with E-state index in [-0.39, 0.29) is 22.9 Å². The summed E-state index contributed by atoms with van der Waals surface area (Å²) < 4.78 is 12.7. The average Bonchev–Trinajstić information content (AvgIpc) is 3.10. The highest BCUT2D eigenvalue weighted by atomic mass is 32.2. The maximum atomic E-state index is 13.4. The highest BCUT2D eigenvalue weighted by Gasteiger charge is 2.68. The summed E-state index contributed by atoms with van der Waals surface area (Å²) in [5, 5.41) is 10.3. The van der Waals surface area contributed by atoms with Gasteiger partial charge >= 0.3 is 0 Å². The van der Waals surface area contributed by atoms with Gasteiger partial charge in [-0.3, -0.25) is 33.6 Å². The number of non-ortho nitro benzene ring substituents is 1. The van der Waals surface area contributed by atoms with E-state index >= 15 is 0 Å². The second-order valence-electron chi connectivity index (χ2n) is 8.65. The lowest BCUT2D eigenvalue weighted by molar-refractivity contribution is -0.384. The van der Waals surface area contributed by atoms with E-state index in [0.29, 0.717) is 6.42 Å². The van der Waals surface area contributed by atoms with Crippen LogP contribution in [0.5, 0.6) is 0 Å². The second-order valence-corrected chi connectivity index (χ2v) is 10.8. The fraction of sp³-hybridized carbons (Fsp3) is 0.318. The van der Waals surface area contributed by atoms with Gasteiger partial charge in [0.15, 0.2) is 6.04 Å². The van der Waals surface area contributed by atoms with Crippen LogP contribution < -0.4 is 0 Å². The molecule has 4 atom stereocenters. The van der Waals surface area contributed by atoms with Crippen molar-refractivity contribution in [3.63, 3.8) is 0 Å². The number of nitro groups is 1. The molecule has 10 heteroatoms. The molecule has 2 fully saturated rings. The molecule has 3 amide bonds. The fourth-order valence-corrected chi connectivity index (χ4v) is 6.85. The van der Waals surface area contributed by atoms with Crippen LogP contribution in [-0.2, 0) is 22.0 Å². The number of fused-ring (bicyclic) bond motifs is 2. The van der Waals surface area contributed by atoms with Crippen LogP contribution in [0, 0.1) is 10.1 Å². The van der Waals surface area contributed by atoms with Crippen LogP contribution in [0.4, 0.5) is 5.69 Å². The Morgan fingerprint density at radius 1 is 1.03 bits per heavy atom. The van der Waals surface area contributed by atoms with Gasteiger partial charge in [0, 0.05) is 12.1 Å². The van der Waals surface area contributed by atoms with Gasteiger partial charge < -0.3 is 4.90 Å². The Morgan fingerprint density at radius 3 is 2.34 bits per heavy atom. The highest BCUT2D eigenvalue weighted by Crippen LogP contribution is 2.47. The molecule has 0 aromatic heterocycles. The van der Waals surface area contributed by atoms with Crippen LogP contribution in [0.1, 0.15) is 40.1 Å². The van der Waals surface area contributed by atoms with Gasteiger partial charge in [0.1, 0.15) is 5.37 Å². The molecule has 164 valence electrons. The van der Waals surface area contributed by atoms with Crippen LogP contribution in [-0.4, -0.2) is 58.9 Å². The molecule has 9 nitrogen and oxygen atoms in total. The third kappa shape index (κ3) is 2.62. The number of imide groups is 1. The first-order chi connectivity index (χ1) is 15.1. The molecule has 0 aliphatic carbocycles. The molecule has 3 heterocycles. The Balaban J connectivity index is 1.48. The van der Waals surface area contributed by atoms with Crippen molar-refractivity contribution < 1.29 is 23.5 Å². The van der Waals surface area contributed by atoms with Crippen molar-refractivity contribution in [2.45, 2.75) is 42.5 Å². The largest absolute Gasteiger partial charge is 0.319 e. The summed E-state index contributed by atoms with van der Waals surface area (Å²) in [6, 6.07) is 11.4. The zero-order chi connectivity index (χ0) is 22.9. The van der Waals surface area contributed by atoms with E-state index in [4.69, 9.17) is 0 Å². The summed E-state index contributed by atoms with van der Waals surface area (Å²) in [5.74, 6) is -1.90. The topological polar surface area (TPSA) is 118 Å². The molecular formula is C22H19N3O6S. The van der Waals surface area contributed by atoms with E-state index in [1.54, 1.807) is 4.90 Å². The summed E-state index contributed by atoms with van der Waals surface area (Å²) in [6.45, 7) is 3.65. The van der Waals surface area contributed by atoms with Gasteiger partial charge in [-0.1, -0.05) is 30.3 Å². The minimum Gasteiger partial charge on any atom is -0.319 e. The second kappa shape index (κ2) is 6.80. The Morgan fingerprint density at radius 2 is 1.69 bits per heavy atom. The summed E-state index contributed by atoms with van der Waals surface area (Å²) in [4.78, 5) is 52.0. The molecule has 0 saturated carbocycles. The maximum Gasteiger partial charge on any atom is 0.270 e. The van der Waals surface area contributed by atoms with Gasteiger partial charge in [0.2, 0.25) is 5.91 Å². The summed E-state index contributed by atoms with van der Waals surface area (Å²) in [7, 11) is -1.53. The van der Waals surface area contributed by atoms with Gasteiger partial charge in [0.25, 0.3) is 17.5 Å². The van der Waals surface area contributed by atoms with Crippen molar-refractivity contribution in [1.82, 2.24) is 9.80 Å². The molecule has 32 heavy (non-hydrogen) atoms. The van der Waals surface area contributed by atoms with Crippen LogP contribution >= 0.6 is 0 Å². The van der Waals surface area contributed by atoms with Crippen molar-refractivity contribution in [2.24, 2.45) is 0 Å². The number of rotatable bonds is 4. The smallest absolute Gasteiger partial charge is 0.270 e. The number of nitro benzene ring substituents is 1. The molecule has 0 radical (unpaired) electrons. The van der Waals surface area contributed by atoms with E-state index in [0.717, 1.165) is 22.6 Å². The van der Waals surface area contributed by atoms with Gasteiger partial charge in [-0.05, 0) is 31.9 Å². The molecule has 0 bridgehead atoms. The van der Waals surface area contributed by atoms with Crippen molar-refractivity contribution in [3.8, 4) is 0 Å². The van der Waals surface area contributed by atoms with Gasteiger partial charge in [-0.2, -0.15) is 0 Å². The molecule has 0 N–H and O–H groups in total. The molecule has 5 rings (SSSR count). The first-order valence-corrected chi connectivity index (χ1v) is 11.3. The molecule has 2 saturated heterocycles. The molecule has 2 aromatic carbocycles. The third-order valence-electron chi connectivity index (χ3n) is 6.59. The van der Waals surface area contributed by atoms with E-state index in [1.807, 2.05) is 44.2 Å². The Bertz CT molecular complexity index is 1230. The Kier molecular flexibility index (Phi) is 4.35. The lowest BCUT2D eigenvalue weighted by Gasteiger charge is -2.47. The van der Waals surface area contributed by atoms with Crippen LogP contribution in [0.15, 0.2) is 48.5 Å². The zero-order valence-corrected chi connectivity index (χ0v) is 18.1. The van der Waals surface area contributed by atoms with Crippen molar-refractivity contribution >= 4 is 34.2 Å². The number of benzene rings is 2. The number of β-lactam (4-membered cyclic amide) rings is 1. The number of nitrogens with zero attached hydrogens (tertiary/aromatic N) is 3. The van der Waals surface area contributed by atoms with E-state index in [9.17, 15) is 28.7 Å². The minimum absolute atomic E-state index is 0.00993. The predicted octanol–water partition coefficient (Wildman–Crippen LogP) is 1.88. The van der Waals surface area contributed by atoms with Gasteiger partial charge in [-0.25, -0.2) is 0 Å². The molecule has 3 unspecified atom stereocenters. The number of amides is 3. The number of carbonyl (C=O) groups is 3. The van der Waals surface area contributed by atoms with E-state index < -0.39 is 49.6 Å². The monoisotopic (exact) mass is 453 g/mol. The SMILES string of the molecule is CC1(C)C(Cc2ccccc2)N2C(=O)C(N3C(=O)c4ccc([N+](=O)[O-])cc4C3=O)[C@H]2S1=O. The molecule has 3 aliphatic rings. The summed E-state index contributed by atoms with van der Waals surface area (Å²) in [5.41, 5.74) is 0.573. The lowest BCUT2D eigenvalue weighted by atomic mass is 9.90. The first-order valence-electron chi connectivity index (χ1n) is 10.1. The normalized spacial score (nSPS) is 27.9. The third-order valence-corrected chi connectivity index (χ3v) is 8.82. The first kappa shape index (κ1) is 20.5. The van der Waals surface area contributed by atoms with E-state index in [1.165, 1.54) is 6.07 Å². The van der Waals surface area contributed by atoms with Crippen LogP contribution in [0.2, 0.25) is 0 Å². The van der Waals surface area contributed by atoms with Gasteiger partial charge in [0.05, 0.1) is 37.6 Å². The average molecular weight is 453 g/mol. The quantitative estimate of drug-likeness (QED) is 0.302. The number of hydrogen-bond acceptors (Lipinski definition) is 6. The minimum atomic E-state index is -1.53. The van der Waals surface area contributed by atoms with Gasteiger partial charge in [-0.15, -0.1) is 0 Å². The molecular weight excluding hydrogens is 434 g/mol. The maximum absolute atomic E-state index is 13.4. The standard InChI is InChI=1S/C22H19N3O6S/c1-22(2)16(10-12-6-4-3-5-7-12)23-20(28)17(21(23)32(22)31)24-18(26)14-9-8-13(25(29)30)11-15(14)19(24)27/h3-9,11,16-17,21H,10H2,1-2H3/t16?,17?,21-,32?/m1/s1. The Hall–Kier alpha value is -3.40. The summed E-state index contributed by atoms with van der Waals surface area (Å²) in [6.07, 6.45) is 0.503. The van der Waals surface area contributed by atoms with Crippen molar-refractivity contribution in [3.05, 3.63) is 75.3 Å².